The number of nitrogens with zero attached hydrogens (tertiary/aromatic N) is 1. The number of anilines is 1. The Kier molecular flexibility index (Phi) is 3.27. The van der Waals surface area contributed by atoms with Crippen molar-refractivity contribution in [3.8, 4) is 0 Å². The zero-order chi connectivity index (χ0) is 14.8. The van der Waals surface area contributed by atoms with E-state index in [4.69, 9.17) is 0 Å². The molecular weight excluding hydrogens is 270 g/mol. The van der Waals surface area contributed by atoms with Crippen LogP contribution in [0.1, 0.15) is 16.1 Å². The molecule has 2 amide bonds. The van der Waals surface area contributed by atoms with E-state index in [-0.39, 0.29) is 29.6 Å². The Bertz CT molecular complexity index is 767. The quantitative estimate of drug-likeness (QED) is 0.818. The first-order chi connectivity index (χ1) is 10.1. The fraction of sp³-hybridized carbons (Fsp3) is 0.133. The van der Waals surface area contributed by atoms with Crippen molar-refractivity contribution in [2.75, 3.05) is 11.9 Å². The summed E-state index contributed by atoms with van der Waals surface area (Å²) >= 11 is 0. The molecule has 0 bridgehead atoms. The third-order valence-electron chi connectivity index (χ3n) is 3.27. The van der Waals surface area contributed by atoms with Gasteiger partial charge in [-0.3, -0.25) is 14.4 Å². The van der Waals surface area contributed by atoms with Gasteiger partial charge in [0.15, 0.2) is 0 Å². The van der Waals surface area contributed by atoms with Gasteiger partial charge in [0.25, 0.3) is 5.91 Å². The molecule has 21 heavy (non-hydrogen) atoms. The molecular formula is C15H13N3O3. The molecule has 0 saturated carbocycles. The number of fused-ring (bicyclic) bond motifs is 1. The van der Waals surface area contributed by atoms with Crippen molar-refractivity contribution >= 4 is 17.5 Å². The van der Waals surface area contributed by atoms with E-state index >= 15 is 0 Å². The van der Waals surface area contributed by atoms with E-state index in [1.165, 1.54) is 23.1 Å². The Morgan fingerprint density at radius 1 is 1.00 bits per heavy atom. The fourth-order valence-corrected chi connectivity index (χ4v) is 2.29. The van der Waals surface area contributed by atoms with Crippen LogP contribution in [-0.4, -0.2) is 28.2 Å². The molecule has 6 nitrogen and oxygen atoms in total. The summed E-state index contributed by atoms with van der Waals surface area (Å²) < 4.78 is 0. The molecule has 2 aromatic rings. The fourth-order valence-electron chi connectivity index (χ4n) is 2.29. The van der Waals surface area contributed by atoms with Crippen molar-refractivity contribution in [3.05, 3.63) is 64.1 Å². The van der Waals surface area contributed by atoms with Crippen LogP contribution in [0.5, 0.6) is 0 Å². The topological polar surface area (TPSA) is 82.3 Å². The van der Waals surface area contributed by atoms with Crippen molar-refractivity contribution in [2.45, 2.75) is 6.54 Å². The number of carbonyl (C=O) groups excluding carboxylic acids is 2. The second-order valence-corrected chi connectivity index (χ2v) is 4.80. The lowest BCUT2D eigenvalue weighted by Gasteiger charge is -2.19. The number of hydrogen-bond acceptors (Lipinski definition) is 3. The van der Waals surface area contributed by atoms with Crippen LogP contribution in [0.3, 0.4) is 0 Å². The van der Waals surface area contributed by atoms with Gasteiger partial charge in [0, 0.05) is 18.3 Å². The van der Waals surface area contributed by atoms with E-state index in [9.17, 15) is 14.4 Å². The highest BCUT2D eigenvalue weighted by Crippen LogP contribution is 2.20. The Morgan fingerprint density at radius 3 is 2.62 bits per heavy atom. The molecule has 1 aliphatic heterocycles. The third kappa shape index (κ3) is 2.69. The van der Waals surface area contributed by atoms with Crippen LogP contribution in [0.2, 0.25) is 0 Å². The van der Waals surface area contributed by atoms with Gasteiger partial charge >= 0.3 is 0 Å². The molecule has 0 aliphatic carbocycles. The molecule has 3 rings (SSSR count). The molecule has 6 heteroatoms. The molecule has 106 valence electrons. The summed E-state index contributed by atoms with van der Waals surface area (Å²) in [5, 5.41) is 2.77. The first-order valence-electron chi connectivity index (χ1n) is 6.50. The monoisotopic (exact) mass is 283 g/mol. The summed E-state index contributed by atoms with van der Waals surface area (Å²) in [6, 6.07) is 11.7. The number of aromatic nitrogens is 1. The molecule has 0 unspecified atom stereocenters. The molecule has 2 N–H and O–H groups in total. The number of hydrogen-bond donors (Lipinski definition) is 2. The van der Waals surface area contributed by atoms with Crippen LogP contribution in [0.15, 0.2) is 47.3 Å². The minimum absolute atomic E-state index is 0.0512. The second-order valence-electron chi connectivity index (χ2n) is 4.80. The zero-order valence-corrected chi connectivity index (χ0v) is 11.1. The molecule has 0 fully saturated rings. The summed E-state index contributed by atoms with van der Waals surface area (Å²) in [6.07, 6.45) is 0. The predicted molar refractivity (Wildman–Crippen MR) is 76.9 cm³/mol. The number of benzene rings is 1. The SMILES string of the molecule is O=C1CN(C(=O)c2cccc(=O)[nH]2)Cc2ccccc2N1. The second kappa shape index (κ2) is 5.24. The smallest absolute Gasteiger partial charge is 0.271 e. The number of amides is 2. The van der Waals surface area contributed by atoms with E-state index in [0.29, 0.717) is 12.2 Å². The summed E-state index contributed by atoms with van der Waals surface area (Å²) in [7, 11) is 0. The number of nitrogens with one attached hydrogen (secondary N) is 2. The van der Waals surface area contributed by atoms with Crippen LogP contribution in [-0.2, 0) is 11.3 Å². The number of aromatic amines is 1. The molecule has 2 heterocycles. The Labute approximate surface area is 120 Å². The largest absolute Gasteiger partial charge is 0.324 e. The Morgan fingerprint density at radius 2 is 1.81 bits per heavy atom. The summed E-state index contributed by atoms with van der Waals surface area (Å²) in [5.41, 5.74) is 1.39. The van der Waals surface area contributed by atoms with Gasteiger partial charge in [-0.2, -0.15) is 0 Å². The van der Waals surface area contributed by atoms with Gasteiger partial charge in [0.2, 0.25) is 11.5 Å². The third-order valence-corrected chi connectivity index (χ3v) is 3.27. The van der Waals surface area contributed by atoms with Crippen molar-refractivity contribution in [2.24, 2.45) is 0 Å². The average Bonchev–Trinajstić information content (AvgIpc) is 2.64. The molecule has 1 aromatic carbocycles. The van der Waals surface area contributed by atoms with Crippen molar-refractivity contribution in [1.82, 2.24) is 9.88 Å². The van der Waals surface area contributed by atoms with E-state index in [2.05, 4.69) is 10.3 Å². The van der Waals surface area contributed by atoms with E-state index in [1.54, 1.807) is 6.07 Å². The van der Waals surface area contributed by atoms with Crippen molar-refractivity contribution in [1.29, 1.82) is 0 Å². The van der Waals surface area contributed by atoms with E-state index in [0.717, 1.165) is 5.56 Å². The lowest BCUT2D eigenvalue weighted by Crippen LogP contribution is -2.36. The number of para-hydroxylation sites is 1. The molecule has 0 spiro atoms. The zero-order valence-electron chi connectivity index (χ0n) is 11.1. The molecule has 1 aromatic heterocycles. The van der Waals surface area contributed by atoms with Crippen LogP contribution in [0, 0.1) is 0 Å². The van der Waals surface area contributed by atoms with Crippen molar-refractivity contribution in [3.63, 3.8) is 0 Å². The minimum atomic E-state index is -0.375. The summed E-state index contributed by atoms with van der Waals surface area (Å²) in [6.45, 7) is 0.259. The maximum absolute atomic E-state index is 12.4. The number of H-pyrrole nitrogens is 1. The lowest BCUT2D eigenvalue weighted by atomic mass is 10.1. The lowest BCUT2D eigenvalue weighted by molar-refractivity contribution is -0.116. The molecule has 0 saturated heterocycles. The average molecular weight is 283 g/mol. The van der Waals surface area contributed by atoms with Gasteiger partial charge in [-0.25, -0.2) is 0 Å². The van der Waals surface area contributed by atoms with Gasteiger partial charge in [0.05, 0.1) is 0 Å². The van der Waals surface area contributed by atoms with Gasteiger partial charge in [-0.1, -0.05) is 24.3 Å². The van der Waals surface area contributed by atoms with Gasteiger partial charge in [0.1, 0.15) is 12.2 Å². The van der Waals surface area contributed by atoms with Gasteiger partial charge in [-0.15, -0.1) is 0 Å². The summed E-state index contributed by atoms with van der Waals surface area (Å²) in [4.78, 5) is 39.5. The van der Waals surface area contributed by atoms with E-state index in [1.807, 2.05) is 18.2 Å². The highest BCUT2D eigenvalue weighted by molar-refractivity contribution is 5.99. The maximum Gasteiger partial charge on any atom is 0.271 e. The maximum atomic E-state index is 12.4. The molecule has 1 aliphatic rings. The van der Waals surface area contributed by atoms with Gasteiger partial charge < -0.3 is 15.2 Å². The van der Waals surface area contributed by atoms with E-state index < -0.39 is 0 Å². The predicted octanol–water partition coefficient (Wildman–Crippen LogP) is 0.969. The minimum Gasteiger partial charge on any atom is -0.324 e. The normalized spacial score (nSPS) is 14.1. The highest BCUT2D eigenvalue weighted by atomic mass is 16.2. The van der Waals surface area contributed by atoms with Gasteiger partial charge in [-0.05, 0) is 17.7 Å². The number of carbonyl (C=O) groups is 2. The standard InChI is InChI=1S/C15H13N3O3/c19-13-7-3-6-12(17-13)15(21)18-8-10-4-1-2-5-11(10)16-14(20)9-18/h1-7H,8-9H2,(H,16,20)(H,17,19). The molecule has 0 atom stereocenters. The Hall–Kier alpha value is -2.89. The van der Waals surface area contributed by atoms with Crippen LogP contribution < -0.4 is 10.9 Å². The first-order valence-corrected chi connectivity index (χ1v) is 6.50. The van der Waals surface area contributed by atoms with Crippen LogP contribution in [0.4, 0.5) is 5.69 Å². The number of pyridine rings is 1. The van der Waals surface area contributed by atoms with Crippen LogP contribution >= 0.6 is 0 Å². The highest BCUT2D eigenvalue weighted by Gasteiger charge is 2.24. The van der Waals surface area contributed by atoms with Crippen molar-refractivity contribution < 1.29 is 9.59 Å². The first kappa shape index (κ1) is 13.1. The Balaban J connectivity index is 1.94. The number of rotatable bonds is 1. The molecule has 0 radical (unpaired) electrons. The summed E-state index contributed by atoms with van der Waals surface area (Å²) in [5.74, 6) is -0.633. The van der Waals surface area contributed by atoms with Crippen LogP contribution in [0.25, 0.3) is 0 Å².